The number of urea groups is 1. The Kier molecular flexibility index (Phi) is 7.27. The SMILES string of the molecule is CN(C)[C@H](CNC(=O)NCCc1ccc(C(F)(F)F)cc1)Cc1cccc2c1OCO2. The van der Waals surface area contributed by atoms with E-state index in [-0.39, 0.29) is 18.9 Å². The number of carbonyl (C=O) groups is 1. The molecule has 0 unspecified atom stereocenters. The number of likely N-dealkylation sites (N-methyl/N-ethyl adjacent to an activating group) is 1. The number of para-hydroxylation sites is 1. The van der Waals surface area contributed by atoms with Gasteiger partial charge in [-0.2, -0.15) is 13.2 Å². The standard InChI is InChI=1S/C22H26F3N3O3/c1-28(2)18(12-16-4-3-5-19-20(16)31-14-30-19)13-27-21(29)26-11-10-15-6-8-17(9-7-15)22(23,24)25/h3-9,18H,10-14H2,1-2H3,(H2,26,27,29)/t18-/m0/s1. The Morgan fingerprint density at radius 2 is 1.84 bits per heavy atom. The molecular formula is C22H26F3N3O3. The van der Waals surface area contributed by atoms with Gasteiger partial charge in [-0.25, -0.2) is 4.79 Å². The van der Waals surface area contributed by atoms with E-state index in [2.05, 4.69) is 10.6 Å². The molecular weight excluding hydrogens is 411 g/mol. The number of halogens is 3. The number of rotatable bonds is 8. The van der Waals surface area contributed by atoms with Crippen LogP contribution in [-0.2, 0) is 19.0 Å². The lowest BCUT2D eigenvalue weighted by Gasteiger charge is -2.25. The van der Waals surface area contributed by atoms with Crippen LogP contribution >= 0.6 is 0 Å². The number of ether oxygens (including phenoxy) is 2. The molecule has 0 fully saturated rings. The van der Waals surface area contributed by atoms with Gasteiger partial charge in [-0.15, -0.1) is 0 Å². The van der Waals surface area contributed by atoms with E-state index in [0.29, 0.717) is 25.9 Å². The Balaban J connectivity index is 1.45. The summed E-state index contributed by atoms with van der Waals surface area (Å²) >= 11 is 0. The number of hydrogen-bond donors (Lipinski definition) is 2. The fourth-order valence-electron chi connectivity index (χ4n) is 3.30. The summed E-state index contributed by atoms with van der Waals surface area (Å²) in [6, 6.07) is 10.4. The summed E-state index contributed by atoms with van der Waals surface area (Å²) in [6.45, 7) is 0.948. The summed E-state index contributed by atoms with van der Waals surface area (Å²) in [5.41, 5.74) is 1.05. The molecule has 2 N–H and O–H groups in total. The lowest BCUT2D eigenvalue weighted by Crippen LogP contribution is -2.45. The molecule has 0 spiro atoms. The predicted octanol–water partition coefficient (Wildman–Crippen LogP) is 3.45. The molecule has 2 amide bonds. The normalized spacial score (nSPS) is 13.9. The molecule has 0 saturated carbocycles. The van der Waals surface area contributed by atoms with Crippen molar-refractivity contribution in [2.24, 2.45) is 0 Å². The van der Waals surface area contributed by atoms with Crippen molar-refractivity contribution in [1.29, 1.82) is 0 Å². The lowest BCUT2D eigenvalue weighted by atomic mass is 10.0. The van der Waals surface area contributed by atoms with Gasteiger partial charge in [-0.05, 0) is 56.3 Å². The van der Waals surface area contributed by atoms with Gasteiger partial charge in [0.05, 0.1) is 5.56 Å². The molecule has 0 aliphatic carbocycles. The molecule has 6 nitrogen and oxygen atoms in total. The first-order chi connectivity index (χ1) is 14.7. The Morgan fingerprint density at radius 3 is 2.52 bits per heavy atom. The van der Waals surface area contributed by atoms with Gasteiger partial charge >= 0.3 is 12.2 Å². The quantitative estimate of drug-likeness (QED) is 0.664. The van der Waals surface area contributed by atoms with Crippen molar-refractivity contribution in [3.8, 4) is 11.5 Å². The van der Waals surface area contributed by atoms with Crippen molar-refractivity contribution in [3.63, 3.8) is 0 Å². The van der Waals surface area contributed by atoms with Crippen LogP contribution in [0.1, 0.15) is 16.7 Å². The summed E-state index contributed by atoms with van der Waals surface area (Å²) in [7, 11) is 3.88. The summed E-state index contributed by atoms with van der Waals surface area (Å²) in [5.74, 6) is 1.47. The zero-order chi connectivity index (χ0) is 22.4. The van der Waals surface area contributed by atoms with E-state index in [0.717, 1.165) is 34.8 Å². The fraction of sp³-hybridized carbons (Fsp3) is 0.409. The minimum Gasteiger partial charge on any atom is -0.454 e. The number of amides is 2. The van der Waals surface area contributed by atoms with Crippen LogP contribution in [0.15, 0.2) is 42.5 Å². The molecule has 0 saturated heterocycles. The number of alkyl halides is 3. The molecule has 0 aromatic heterocycles. The van der Waals surface area contributed by atoms with E-state index in [1.54, 1.807) is 0 Å². The Hall–Kier alpha value is -2.94. The largest absolute Gasteiger partial charge is 0.454 e. The molecule has 2 aromatic rings. The molecule has 31 heavy (non-hydrogen) atoms. The van der Waals surface area contributed by atoms with Gasteiger partial charge < -0.3 is 25.0 Å². The first-order valence-electron chi connectivity index (χ1n) is 9.96. The Bertz CT molecular complexity index is 886. The minimum atomic E-state index is -4.35. The third-order valence-electron chi connectivity index (χ3n) is 5.14. The maximum atomic E-state index is 12.6. The molecule has 0 radical (unpaired) electrons. The predicted molar refractivity (Wildman–Crippen MR) is 110 cm³/mol. The fourth-order valence-corrected chi connectivity index (χ4v) is 3.30. The second-order valence-corrected chi connectivity index (χ2v) is 7.55. The maximum absolute atomic E-state index is 12.6. The number of nitrogens with one attached hydrogen (secondary N) is 2. The lowest BCUT2D eigenvalue weighted by molar-refractivity contribution is -0.137. The Labute approximate surface area is 179 Å². The van der Waals surface area contributed by atoms with Crippen LogP contribution in [0.2, 0.25) is 0 Å². The van der Waals surface area contributed by atoms with E-state index in [1.807, 2.05) is 37.2 Å². The van der Waals surface area contributed by atoms with E-state index in [9.17, 15) is 18.0 Å². The molecule has 168 valence electrons. The van der Waals surface area contributed by atoms with Crippen molar-refractivity contribution in [3.05, 3.63) is 59.2 Å². The molecule has 1 heterocycles. The van der Waals surface area contributed by atoms with Crippen LogP contribution in [0.25, 0.3) is 0 Å². The third-order valence-corrected chi connectivity index (χ3v) is 5.14. The summed E-state index contributed by atoms with van der Waals surface area (Å²) in [4.78, 5) is 14.2. The van der Waals surface area contributed by atoms with E-state index < -0.39 is 11.7 Å². The average molecular weight is 437 g/mol. The molecule has 9 heteroatoms. The van der Waals surface area contributed by atoms with Gasteiger partial charge in [0.1, 0.15) is 0 Å². The smallest absolute Gasteiger partial charge is 0.416 e. The zero-order valence-electron chi connectivity index (χ0n) is 17.5. The number of hydrogen-bond acceptors (Lipinski definition) is 4. The first-order valence-corrected chi connectivity index (χ1v) is 9.96. The summed E-state index contributed by atoms with van der Waals surface area (Å²) < 4.78 is 48.8. The van der Waals surface area contributed by atoms with Gasteiger partial charge in [-0.3, -0.25) is 0 Å². The highest BCUT2D eigenvalue weighted by atomic mass is 19.4. The van der Waals surface area contributed by atoms with Crippen LogP contribution in [0.3, 0.4) is 0 Å². The van der Waals surface area contributed by atoms with Crippen molar-refractivity contribution in [2.45, 2.75) is 25.1 Å². The van der Waals surface area contributed by atoms with Gasteiger partial charge in [-0.1, -0.05) is 24.3 Å². The molecule has 1 aliphatic heterocycles. The van der Waals surface area contributed by atoms with Crippen LogP contribution in [0.5, 0.6) is 11.5 Å². The van der Waals surface area contributed by atoms with Gasteiger partial charge in [0, 0.05) is 19.1 Å². The second-order valence-electron chi connectivity index (χ2n) is 7.55. The zero-order valence-corrected chi connectivity index (χ0v) is 17.5. The van der Waals surface area contributed by atoms with Crippen LogP contribution in [-0.4, -0.2) is 51.0 Å². The molecule has 2 aromatic carbocycles. The van der Waals surface area contributed by atoms with E-state index >= 15 is 0 Å². The maximum Gasteiger partial charge on any atom is 0.416 e. The molecule has 0 bridgehead atoms. The molecule has 3 rings (SSSR count). The highest BCUT2D eigenvalue weighted by Gasteiger charge is 2.29. The third kappa shape index (κ3) is 6.27. The van der Waals surface area contributed by atoms with Crippen LogP contribution < -0.4 is 20.1 Å². The minimum absolute atomic E-state index is 0.0383. The number of nitrogens with zero attached hydrogens (tertiary/aromatic N) is 1. The highest BCUT2D eigenvalue weighted by Crippen LogP contribution is 2.36. The van der Waals surface area contributed by atoms with Crippen LogP contribution in [0, 0.1) is 0 Å². The van der Waals surface area contributed by atoms with Crippen molar-refractivity contribution < 1.29 is 27.4 Å². The number of carbonyl (C=O) groups excluding carboxylic acids is 1. The van der Waals surface area contributed by atoms with E-state index in [4.69, 9.17) is 9.47 Å². The van der Waals surface area contributed by atoms with Crippen molar-refractivity contribution >= 4 is 6.03 Å². The van der Waals surface area contributed by atoms with Crippen LogP contribution in [0.4, 0.5) is 18.0 Å². The summed E-state index contributed by atoms with van der Waals surface area (Å²) in [6.07, 6.45) is -3.24. The number of benzene rings is 2. The molecule has 1 atom stereocenters. The monoisotopic (exact) mass is 437 g/mol. The number of fused-ring (bicyclic) bond motifs is 1. The molecule has 1 aliphatic rings. The second kappa shape index (κ2) is 9.91. The highest BCUT2D eigenvalue weighted by molar-refractivity contribution is 5.73. The van der Waals surface area contributed by atoms with Gasteiger partial charge in [0.15, 0.2) is 11.5 Å². The van der Waals surface area contributed by atoms with E-state index in [1.165, 1.54) is 12.1 Å². The van der Waals surface area contributed by atoms with Gasteiger partial charge in [0.25, 0.3) is 0 Å². The van der Waals surface area contributed by atoms with Crippen molar-refractivity contribution in [2.75, 3.05) is 34.0 Å². The van der Waals surface area contributed by atoms with Crippen molar-refractivity contribution in [1.82, 2.24) is 15.5 Å². The topological polar surface area (TPSA) is 62.8 Å². The van der Waals surface area contributed by atoms with Gasteiger partial charge in [0.2, 0.25) is 6.79 Å². The first kappa shape index (κ1) is 22.7. The Morgan fingerprint density at radius 1 is 1.10 bits per heavy atom. The average Bonchev–Trinajstić information content (AvgIpc) is 3.20. The summed E-state index contributed by atoms with van der Waals surface area (Å²) in [5, 5.41) is 5.60.